The van der Waals surface area contributed by atoms with Gasteiger partial charge in [-0.1, -0.05) is 44.9 Å². The van der Waals surface area contributed by atoms with Crippen molar-refractivity contribution in [2.24, 2.45) is 5.92 Å². The van der Waals surface area contributed by atoms with E-state index in [0.29, 0.717) is 0 Å². The standard InChI is InChI=1S/C18H32N2O2P2/c1-7-19(8-2)23(21)12-14(6)16-17-13(5)11-15(18(16)23)24(17,22)20(9-3)10-4/h11-12,15-18H,7-10H2,1-6H3/t15-,16+,17-,18-,23+,24-/m1/s1. The van der Waals surface area contributed by atoms with Gasteiger partial charge in [0.2, 0.25) is 0 Å². The molecule has 4 nitrogen and oxygen atoms in total. The zero-order valence-electron chi connectivity index (χ0n) is 15.9. The van der Waals surface area contributed by atoms with Gasteiger partial charge < -0.3 is 9.13 Å². The van der Waals surface area contributed by atoms with Crippen LogP contribution in [0.5, 0.6) is 0 Å². The molecule has 0 saturated carbocycles. The van der Waals surface area contributed by atoms with Crippen molar-refractivity contribution >= 4 is 14.6 Å². The summed E-state index contributed by atoms with van der Waals surface area (Å²) in [5.41, 5.74) is 2.54. The summed E-state index contributed by atoms with van der Waals surface area (Å²) >= 11 is 0. The van der Waals surface area contributed by atoms with Gasteiger partial charge in [-0.25, -0.2) is 0 Å². The van der Waals surface area contributed by atoms with E-state index in [2.05, 4.69) is 62.8 Å². The lowest BCUT2D eigenvalue weighted by molar-refractivity contribution is 0.432. The van der Waals surface area contributed by atoms with Crippen LogP contribution < -0.4 is 0 Å². The summed E-state index contributed by atoms with van der Waals surface area (Å²) in [6.07, 6.45) is 2.22. The van der Waals surface area contributed by atoms with E-state index in [0.717, 1.165) is 26.2 Å². The molecular weight excluding hydrogens is 338 g/mol. The second-order valence-corrected chi connectivity index (χ2v) is 13.2. The topological polar surface area (TPSA) is 40.6 Å². The molecule has 136 valence electrons. The van der Waals surface area contributed by atoms with Gasteiger partial charge in [0.25, 0.3) is 0 Å². The Morgan fingerprint density at radius 3 is 1.96 bits per heavy atom. The van der Waals surface area contributed by atoms with Gasteiger partial charge in [0.05, 0.1) is 17.0 Å². The summed E-state index contributed by atoms with van der Waals surface area (Å²) in [7, 11) is -5.18. The highest BCUT2D eigenvalue weighted by molar-refractivity contribution is 7.70. The predicted octanol–water partition coefficient (Wildman–Crippen LogP) is 4.84. The third kappa shape index (κ3) is 2.13. The molecule has 0 aromatic heterocycles. The SMILES string of the molecule is CCN(CC)[P@@]1(=O)[C@@H]2C=C(C)[C@@H]1[C@@H]1C(C)=C[P@@](=O)(N(CC)CC)[C@@H]12. The minimum absolute atomic E-state index is 0.0255. The first-order valence-corrected chi connectivity index (χ1v) is 13.0. The van der Waals surface area contributed by atoms with Gasteiger partial charge >= 0.3 is 0 Å². The molecule has 0 amide bonds. The highest BCUT2D eigenvalue weighted by atomic mass is 31.2. The average molecular weight is 370 g/mol. The van der Waals surface area contributed by atoms with Gasteiger partial charge in [-0.05, 0) is 19.7 Å². The zero-order valence-corrected chi connectivity index (χ0v) is 17.7. The molecule has 3 rings (SSSR count). The molecule has 1 fully saturated rings. The first kappa shape index (κ1) is 18.6. The Morgan fingerprint density at radius 2 is 1.46 bits per heavy atom. The lowest BCUT2D eigenvalue weighted by atomic mass is 9.85. The van der Waals surface area contributed by atoms with E-state index in [1.165, 1.54) is 11.1 Å². The molecule has 0 aromatic carbocycles. The second-order valence-electron chi connectivity index (χ2n) is 7.36. The molecule has 0 spiro atoms. The molecule has 1 saturated heterocycles. The van der Waals surface area contributed by atoms with Gasteiger partial charge in [-0.3, -0.25) is 9.34 Å². The molecule has 3 aliphatic heterocycles. The summed E-state index contributed by atoms with van der Waals surface area (Å²) in [5, 5.41) is 0. The van der Waals surface area contributed by atoms with Crippen molar-refractivity contribution in [3.05, 3.63) is 23.0 Å². The largest absolute Gasteiger partial charge is 0.305 e. The molecule has 0 aliphatic carbocycles. The summed E-state index contributed by atoms with van der Waals surface area (Å²) in [6.45, 7) is 15.8. The minimum atomic E-state index is -2.62. The van der Waals surface area contributed by atoms with E-state index in [1.54, 1.807) is 0 Å². The fourth-order valence-electron chi connectivity index (χ4n) is 5.58. The fraction of sp³-hybridized carbons (Fsp3) is 0.778. The zero-order chi connectivity index (χ0) is 17.9. The van der Waals surface area contributed by atoms with Crippen LogP contribution in [0.15, 0.2) is 23.0 Å². The number of nitrogens with zero attached hydrogens (tertiary/aromatic N) is 2. The van der Waals surface area contributed by atoms with Crippen molar-refractivity contribution in [1.29, 1.82) is 0 Å². The molecule has 3 heterocycles. The maximum Gasteiger partial charge on any atom is 0.176 e. The Morgan fingerprint density at radius 1 is 0.917 bits per heavy atom. The Labute approximate surface area is 147 Å². The molecule has 24 heavy (non-hydrogen) atoms. The number of allylic oxidation sites excluding steroid dienone is 3. The number of rotatable bonds is 6. The van der Waals surface area contributed by atoms with Crippen LogP contribution in [0.3, 0.4) is 0 Å². The van der Waals surface area contributed by atoms with Crippen LogP contribution >= 0.6 is 14.6 Å². The summed E-state index contributed by atoms with van der Waals surface area (Å²) in [6, 6.07) is 0. The lowest BCUT2D eigenvalue weighted by Crippen LogP contribution is -2.33. The fourth-order valence-corrected chi connectivity index (χ4v) is 15.2. The van der Waals surface area contributed by atoms with E-state index in [1.807, 2.05) is 0 Å². The van der Waals surface area contributed by atoms with E-state index in [4.69, 9.17) is 0 Å². The monoisotopic (exact) mass is 370 g/mol. The summed E-state index contributed by atoms with van der Waals surface area (Å²) in [5.74, 6) is 2.27. The van der Waals surface area contributed by atoms with Crippen LogP contribution in [0.25, 0.3) is 0 Å². The van der Waals surface area contributed by atoms with Crippen LogP contribution in [0.4, 0.5) is 0 Å². The Balaban J connectivity index is 2.14. The predicted molar refractivity (Wildman–Crippen MR) is 103 cm³/mol. The Bertz CT molecular complexity index is 677. The van der Waals surface area contributed by atoms with Gasteiger partial charge in [0, 0.05) is 32.1 Å². The van der Waals surface area contributed by atoms with E-state index in [9.17, 15) is 9.13 Å². The van der Waals surface area contributed by atoms with Crippen LogP contribution in [0, 0.1) is 5.92 Å². The molecule has 2 bridgehead atoms. The normalized spacial score (nSPS) is 43.5. The Kier molecular flexibility index (Phi) is 4.84. The lowest BCUT2D eigenvalue weighted by Gasteiger charge is -2.35. The highest BCUT2D eigenvalue weighted by Gasteiger charge is 2.69. The molecule has 3 aliphatic rings. The van der Waals surface area contributed by atoms with Crippen molar-refractivity contribution in [3.8, 4) is 0 Å². The van der Waals surface area contributed by atoms with Crippen molar-refractivity contribution < 1.29 is 9.13 Å². The molecule has 0 radical (unpaired) electrons. The molecule has 6 atom stereocenters. The number of fused-ring (bicyclic) bond motifs is 5. The first-order valence-electron chi connectivity index (χ1n) is 9.38. The average Bonchev–Trinajstić information content (AvgIpc) is 3.05. The quantitative estimate of drug-likeness (QED) is 0.496. The van der Waals surface area contributed by atoms with Gasteiger partial charge in [0.1, 0.15) is 0 Å². The minimum Gasteiger partial charge on any atom is -0.305 e. The maximum absolute atomic E-state index is 14.3. The summed E-state index contributed by atoms with van der Waals surface area (Å²) < 4.78 is 32.7. The van der Waals surface area contributed by atoms with Crippen molar-refractivity contribution in [3.63, 3.8) is 0 Å². The molecule has 0 unspecified atom stereocenters. The molecule has 0 aromatic rings. The third-order valence-corrected chi connectivity index (χ3v) is 14.7. The molecular formula is C18H32N2O2P2. The van der Waals surface area contributed by atoms with Crippen LogP contribution in [-0.2, 0) is 9.13 Å². The van der Waals surface area contributed by atoms with Crippen molar-refractivity contribution in [2.45, 2.75) is 58.5 Å². The maximum atomic E-state index is 14.3. The third-order valence-electron chi connectivity index (χ3n) is 6.47. The Hall–Kier alpha value is -0.140. The van der Waals surface area contributed by atoms with Crippen LogP contribution in [0.1, 0.15) is 41.5 Å². The first-order chi connectivity index (χ1) is 11.3. The van der Waals surface area contributed by atoms with Gasteiger partial charge in [0.15, 0.2) is 14.6 Å². The van der Waals surface area contributed by atoms with E-state index >= 15 is 0 Å². The smallest absolute Gasteiger partial charge is 0.176 e. The highest BCUT2D eigenvalue weighted by Crippen LogP contribution is 2.83. The van der Waals surface area contributed by atoms with E-state index in [-0.39, 0.29) is 22.9 Å². The van der Waals surface area contributed by atoms with E-state index < -0.39 is 14.6 Å². The second kappa shape index (κ2) is 6.23. The van der Waals surface area contributed by atoms with Gasteiger partial charge in [-0.15, -0.1) is 0 Å². The van der Waals surface area contributed by atoms with Crippen molar-refractivity contribution in [1.82, 2.24) is 9.34 Å². The molecule has 6 heteroatoms. The van der Waals surface area contributed by atoms with Crippen LogP contribution in [0.2, 0.25) is 0 Å². The summed E-state index contributed by atoms with van der Waals surface area (Å²) in [4.78, 5) is 0. The number of hydrogen-bond donors (Lipinski definition) is 0. The molecule has 0 N–H and O–H groups in total. The van der Waals surface area contributed by atoms with Crippen molar-refractivity contribution in [2.75, 3.05) is 26.2 Å². The van der Waals surface area contributed by atoms with Gasteiger partial charge in [-0.2, -0.15) is 0 Å². The van der Waals surface area contributed by atoms with Crippen LogP contribution in [-0.4, -0.2) is 52.5 Å². The number of hydrogen-bond acceptors (Lipinski definition) is 2.